The summed E-state index contributed by atoms with van der Waals surface area (Å²) in [5.41, 5.74) is 0. The van der Waals surface area contributed by atoms with Crippen LogP contribution in [0.3, 0.4) is 0 Å². The smallest absolute Gasteiger partial charge is 0.862 e. The van der Waals surface area contributed by atoms with E-state index in [-0.39, 0.29) is 47.3 Å². The molecule has 6 nitrogen and oxygen atoms in total. The predicted octanol–water partition coefficient (Wildman–Crippen LogP) is 1.99. The summed E-state index contributed by atoms with van der Waals surface area (Å²) in [6.45, 7) is 2.67. The van der Waals surface area contributed by atoms with Gasteiger partial charge in [-0.2, -0.15) is 0 Å². The van der Waals surface area contributed by atoms with Gasteiger partial charge in [0.05, 0.1) is 0 Å². The maximum atomic E-state index is 12.3. The fourth-order valence-electron chi connectivity index (χ4n) is 4.24. The van der Waals surface area contributed by atoms with Crippen molar-refractivity contribution < 1.29 is 49.4 Å². The largest absolute Gasteiger partial charge is 1.00 e. The molecular weight excluding hydrogens is 415 g/mol. The number of hydrogen-bond donors (Lipinski definition) is 2. The van der Waals surface area contributed by atoms with Crippen LogP contribution in [0, 0.1) is 5.92 Å². The van der Waals surface area contributed by atoms with Gasteiger partial charge < -0.3 is 20.5 Å². The van der Waals surface area contributed by atoms with Crippen molar-refractivity contribution in [2.24, 2.45) is 10.9 Å². The minimum atomic E-state index is -0.984. The van der Waals surface area contributed by atoms with Gasteiger partial charge in [0.2, 0.25) is 5.91 Å². The molecule has 1 rings (SSSR count). The van der Waals surface area contributed by atoms with E-state index >= 15 is 0 Å². The molecule has 180 valence electrons. The number of aliphatic imine (C=N–C) groups is 1. The standard InChI is InChI=1S/C25H46N2O4.Na/c1-2-3-4-5-6-7-8-9-13-19-23(28)26-20-15-14-18-22(25(30)31)27-24(29)21-16-11-10-12-17-21;/h21-22H,2-20H2,1H3,(H,26,28)(H,27,29)(H,30,31);/q;+1/p-1/t22-;/m0./s1. The van der Waals surface area contributed by atoms with E-state index in [2.05, 4.69) is 17.2 Å². The van der Waals surface area contributed by atoms with Crippen LogP contribution >= 0.6 is 0 Å². The summed E-state index contributed by atoms with van der Waals surface area (Å²) < 4.78 is 0. The number of amides is 1. The van der Waals surface area contributed by atoms with E-state index in [0.29, 0.717) is 32.2 Å². The molecule has 0 spiro atoms. The van der Waals surface area contributed by atoms with E-state index in [1.165, 1.54) is 44.9 Å². The Bertz CT molecular complexity index is 522. The average Bonchev–Trinajstić information content (AvgIpc) is 2.77. The first-order chi connectivity index (χ1) is 15.0. The van der Waals surface area contributed by atoms with Crippen LogP contribution in [0.4, 0.5) is 0 Å². The first-order valence-electron chi connectivity index (χ1n) is 12.8. The van der Waals surface area contributed by atoms with Crippen molar-refractivity contribution in [3.05, 3.63) is 0 Å². The Labute approximate surface area is 217 Å². The molecule has 0 aliphatic heterocycles. The number of nitrogens with zero attached hydrogens (tertiary/aromatic N) is 1. The maximum Gasteiger partial charge on any atom is 1.00 e. The van der Waals surface area contributed by atoms with E-state index in [0.717, 1.165) is 44.9 Å². The average molecular weight is 461 g/mol. The van der Waals surface area contributed by atoms with Crippen LogP contribution in [0.1, 0.15) is 122 Å². The molecule has 0 bridgehead atoms. The molecule has 0 heterocycles. The summed E-state index contributed by atoms with van der Waals surface area (Å²) in [6, 6.07) is -0.841. The molecule has 0 saturated heterocycles. The van der Waals surface area contributed by atoms with Gasteiger partial charge in [-0.25, -0.2) is 4.79 Å². The molecule has 1 fully saturated rings. The van der Waals surface area contributed by atoms with E-state index in [1.54, 1.807) is 0 Å². The number of carbonyl (C=O) groups is 2. The molecule has 2 N–H and O–H groups in total. The number of aliphatic carboxylic acids is 1. The van der Waals surface area contributed by atoms with Gasteiger partial charge >= 0.3 is 35.5 Å². The van der Waals surface area contributed by atoms with Crippen LogP contribution in [0.5, 0.6) is 0 Å². The number of carboxylic acids is 1. The molecule has 0 aromatic heterocycles. The molecule has 0 aromatic rings. The summed E-state index contributed by atoms with van der Waals surface area (Å²) in [5.74, 6) is -1.18. The number of carboxylic acid groups (broad SMARTS) is 1. The molecule has 0 radical (unpaired) electrons. The SMILES string of the molecule is CCCCCCCCCCCC([O-])=NCCCC[C@H](NC(=O)C1CCCCC1)C(=O)O.[Na+]. The van der Waals surface area contributed by atoms with Gasteiger partial charge in [0.15, 0.2) is 0 Å². The third kappa shape index (κ3) is 16.1. The maximum absolute atomic E-state index is 12.3. The van der Waals surface area contributed by atoms with Gasteiger partial charge in [-0.3, -0.25) is 4.79 Å². The van der Waals surface area contributed by atoms with Crippen molar-refractivity contribution >= 4 is 17.8 Å². The summed E-state index contributed by atoms with van der Waals surface area (Å²) in [6.07, 6.45) is 18.2. The summed E-state index contributed by atoms with van der Waals surface area (Å²) in [5, 5.41) is 24.0. The zero-order valence-corrected chi connectivity index (χ0v) is 22.7. The second-order valence-electron chi connectivity index (χ2n) is 9.08. The normalized spacial score (nSPS) is 15.7. The molecule has 0 unspecified atom stereocenters. The van der Waals surface area contributed by atoms with E-state index < -0.39 is 12.0 Å². The Hall–Kier alpha value is -0.590. The van der Waals surface area contributed by atoms with Crippen molar-refractivity contribution in [2.75, 3.05) is 6.54 Å². The number of carbonyl (C=O) groups excluding carboxylic acids is 1. The third-order valence-electron chi connectivity index (χ3n) is 6.27. The van der Waals surface area contributed by atoms with Crippen LogP contribution in [0.15, 0.2) is 4.99 Å². The number of hydrogen-bond acceptors (Lipinski definition) is 4. The second-order valence-corrected chi connectivity index (χ2v) is 9.08. The topological polar surface area (TPSA) is 102 Å². The van der Waals surface area contributed by atoms with Gasteiger partial charge in [-0.1, -0.05) is 77.6 Å². The molecule has 1 amide bonds. The van der Waals surface area contributed by atoms with Crippen molar-refractivity contribution in [1.29, 1.82) is 0 Å². The summed E-state index contributed by atoms with van der Waals surface area (Å²) >= 11 is 0. The van der Waals surface area contributed by atoms with E-state index in [9.17, 15) is 19.8 Å². The molecule has 1 atom stereocenters. The van der Waals surface area contributed by atoms with Crippen molar-refractivity contribution in [2.45, 2.75) is 129 Å². The van der Waals surface area contributed by atoms with Gasteiger partial charge in [0.25, 0.3) is 0 Å². The number of nitrogens with one attached hydrogen (secondary N) is 1. The third-order valence-corrected chi connectivity index (χ3v) is 6.27. The van der Waals surface area contributed by atoms with Crippen LogP contribution < -0.4 is 40.0 Å². The minimum absolute atomic E-state index is 0. The van der Waals surface area contributed by atoms with Gasteiger partial charge in [0, 0.05) is 12.5 Å². The molecule has 7 heteroatoms. The minimum Gasteiger partial charge on any atom is -0.862 e. The molecule has 1 aliphatic carbocycles. The molecule has 32 heavy (non-hydrogen) atoms. The van der Waals surface area contributed by atoms with E-state index in [1.807, 2.05) is 0 Å². The molecule has 0 aromatic carbocycles. The molecular formula is C25H45N2NaO4. The molecule has 1 aliphatic rings. The molecule has 1 saturated carbocycles. The van der Waals surface area contributed by atoms with Crippen molar-refractivity contribution in [1.82, 2.24) is 5.32 Å². The van der Waals surface area contributed by atoms with Crippen molar-refractivity contribution in [3.8, 4) is 0 Å². The van der Waals surface area contributed by atoms with Crippen LogP contribution in [0.25, 0.3) is 0 Å². The van der Waals surface area contributed by atoms with Gasteiger partial charge in [-0.15, -0.1) is 0 Å². The first kappa shape index (κ1) is 31.4. The van der Waals surface area contributed by atoms with Crippen LogP contribution in [-0.4, -0.2) is 35.5 Å². The number of unbranched alkanes of at least 4 members (excludes halogenated alkanes) is 9. The Morgan fingerprint density at radius 3 is 2.12 bits per heavy atom. The first-order valence-corrected chi connectivity index (χ1v) is 12.8. The fourth-order valence-corrected chi connectivity index (χ4v) is 4.24. The predicted molar refractivity (Wildman–Crippen MR) is 124 cm³/mol. The Kier molecular flexibility index (Phi) is 20.6. The van der Waals surface area contributed by atoms with E-state index in [4.69, 9.17) is 0 Å². The number of rotatable bonds is 18. The van der Waals surface area contributed by atoms with Gasteiger partial charge in [0.1, 0.15) is 6.04 Å². The zero-order valence-electron chi connectivity index (χ0n) is 20.7. The summed E-state index contributed by atoms with van der Waals surface area (Å²) in [7, 11) is 0. The Balaban J connectivity index is 0.00000961. The van der Waals surface area contributed by atoms with Gasteiger partial charge in [-0.05, 0) is 50.8 Å². The van der Waals surface area contributed by atoms with Crippen LogP contribution in [0.2, 0.25) is 0 Å². The van der Waals surface area contributed by atoms with Crippen LogP contribution in [-0.2, 0) is 9.59 Å². The second kappa shape index (κ2) is 21.0. The Morgan fingerprint density at radius 2 is 1.53 bits per heavy atom. The van der Waals surface area contributed by atoms with Crippen molar-refractivity contribution in [3.63, 3.8) is 0 Å². The quantitative estimate of drug-likeness (QED) is 0.141. The Morgan fingerprint density at radius 1 is 0.938 bits per heavy atom. The monoisotopic (exact) mass is 460 g/mol. The zero-order chi connectivity index (χ0) is 22.7. The summed E-state index contributed by atoms with van der Waals surface area (Å²) in [4.78, 5) is 27.8. The fraction of sp³-hybridized carbons (Fsp3) is 0.880.